The van der Waals surface area contributed by atoms with Crippen molar-refractivity contribution >= 4 is 39.4 Å². The van der Waals surface area contributed by atoms with Gasteiger partial charge in [0.15, 0.2) is 11.2 Å². The number of esters is 1. The molecule has 0 spiro atoms. The number of para-hydroxylation sites is 1. The van der Waals surface area contributed by atoms with Crippen molar-refractivity contribution < 1.29 is 14.3 Å². The van der Waals surface area contributed by atoms with E-state index in [0.717, 1.165) is 11.3 Å². The molecule has 1 N–H and O–H groups in total. The van der Waals surface area contributed by atoms with E-state index in [1.807, 2.05) is 35.7 Å². The number of rotatable bonds is 6. The Kier molecular flexibility index (Phi) is 5.76. The Morgan fingerprint density at radius 2 is 1.87 bits per heavy atom. The first-order chi connectivity index (χ1) is 14.7. The number of carbonyl (C=O) groups is 2. The number of thiazole rings is 1. The minimum atomic E-state index is -0.950. The molecule has 2 aromatic carbocycles. The van der Waals surface area contributed by atoms with E-state index in [-0.39, 0.29) is 5.56 Å². The van der Waals surface area contributed by atoms with E-state index in [0.29, 0.717) is 22.6 Å². The van der Waals surface area contributed by atoms with Crippen LogP contribution in [0.15, 0.2) is 66.3 Å². The van der Waals surface area contributed by atoms with Crippen molar-refractivity contribution in [1.29, 1.82) is 0 Å². The summed E-state index contributed by atoms with van der Waals surface area (Å²) >= 11 is 1.32. The third-order valence-corrected chi connectivity index (χ3v) is 5.19. The summed E-state index contributed by atoms with van der Waals surface area (Å²) in [7, 11) is 0. The van der Waals surface area contributed by atoms with Gasteiger partial charge in [-0.05, 0) is 18.6 Å². The smallest absolute Gasteiger partial charge is 0.341 e. The molecule has 0 aliphatic heterocycles. The fraction of sp³-hybridized carbons (Fsp3) is 0.136. The van der Waals surface area contributed by atoms with E-state index >= 15 is 0 Å². The van der Waals surface area contributed by atoms with Gasteiger partial charge in [-0.3, -0.25) is 20.1 Å². The topological polar surface area (TPSA) is 94.1 Å². The molecule has 0 bridgehead atoms. The molecule has 1 amide bonds. The predicted molar refractivity (Wildman–Crippen MR) is 115 cm³/mol. The van der Waals surface area contributed by atoms with E-state index in [4.69, 9.17) is 4.74 Å². The van der Waals surface area contributed by atoms with E-state index in [1.165, 1.54) is 17.5 Å². The highest BCUT2D eigenvalue weighted by Crippen LogP contribution is 2.25. The fourth-order valence-electron chi connectivity index (χ4n) is 2.93. The standard InChI is InChI=1S/C22H18N4O3S/c1-2-18(29-21(28)15-9-6-10-16-19(15)24-12-11-23-16)20(27)26-22-25-17(13-30-22)14-7-4-3-5-8-14/h3-13,18H,2H2,1H3,(H,25,26,27). The van der Waals surface area contributed by atoms with Crippen LogP contribution >= 0.6 is 11.3 Å². The van der Waals surface area contributed by atoms with Gasteiger partial charge in [0.05, 0.1) is 16.8 Å². The third kappa shape index (κ3) is 4.18. The average molecular weight is 418 g/mol. The molecule has 1 atom stereocenters. The number of nitrogens with zero attached hydrogens (tertiary/aromatic N) is 3. The first-order valence-corrected chi connectivity index (χ1v) is 10.3. The Labute approximate surface area is 176 Å². The van der Waals surface area contributed by atoms with Crippen LogP contribution in [0.3, 0.4) is 0 Å². The monoisotopic (exact) mass is 418 g/mol. The number of aromatic nitrogens is 3. The lowest BCUT2D eigenvalue weighted by Crippen LogP contribution is -2.32. The van der Waals surface area contributed by atoms with Crippen molar-refractivity contribution in [3.8, 4) is 11.3 Å². The number of benzene rings is 2. The number of carbonyl (C=O) groups excluding carboxylic acids is 2. The second-order valence-electron chi connectivity index (χ2n) is 6.43. The summed E-state index contributed by atoms with van der Waals surface area (Å²) < 4.78 is 5.48. The lowest BCUT2D eigenvalue weighted by atomic mass is 10.1. The molecule has 0 aliphatic carbocycles. The van der Waals surface area contributed by atoms with Crippen LogP contribution in [-0.4, -0.2) is 32.9 Å². The molecule has 0 radical (unpaired) electrons. The SMILES string of the molecule is CCC(OC(=O)c1cccc2nccnc12)C(=O)Nc1nc(-c2ccccc2)cs1. The molecule has 150 valence electrons. The minimum Gasteiger partial charge on any atom is -0.449 e. The number of anilines is 1. The zero-order valence-electron chi connectivity index (χ0n) is 16.1. The molecule has 2 heterocycles. The zero-order valence-corrected chi connectivity index (χ0v) is 16.9. The maximum atomic E-state index is 12.7. The first kappa shape index (κ1) is 19.7. The molecule has 8 heteroatoms. The second kappa shape index (κ2) is 8.79. The summed E-state index contributed by atoms with van der Waals surface area (Å²) in [4.78, 5) is 38.2. The van der Waals surface area contributed by atoms with Crippen LogP contribution in [0.2, 0.25) is 0 Å². The minimum absolute atomic E-state index is 0.271. The van der Waals surface area contributed by atoms with E-state index < -0.39 is 18.0 Å². The second-order valence-corrected chi connectivity index (χ2v) is 7.28. The molecule has 4 aromatic rings. The summed E-state index contributed by atoms with van der Waals surface area (Å²) in [6.45, 7) is 1.78. The molecule has 30 heavy (non-hydrogen) atoms. The molecule has 1 unspecified atom stereocenters. The highest BCUT2D eigenvalue weighted by atomic mass is 32.1. The van der Waals surface area contributed by atoms with Crippen LogP contribution in [0.1, 0.15) is 23.7 Å². The normalized spacial score (nSPS) is 11.8. The van der Waals surface area contributed by atoms with Gasteiger partial charge in [0.2, 0.25) is 0 Å². The van der Waals surface area contributed by atoms with Crippen molar-refractivity contribution in [2.45, 2.75) is 19.4 Å². The summed E-state index contributed by atoms with van der Waals surface area (Å²) in [5, 5.41) is 5.06. The van der Waals surface area contributed by atoms with Gasteiger partial charge in [-0.2, -0.15) is 0 Å². The number of fused-ring (bicyclic) bond motifs is 1. The van der Waals surface area contributed by atoms with Gasteiger partial charge in [0.1, 0.15) is 5.52 Å². The van der Waals surface area contributed by atoms with Crippen LogP contribution in [0.25, 0.3) is 22.3 Å². The van der Waals surface area contributed by atoms with Crippen LogP contribution < -0.4 is 5.32 Å². The Hall–Kier alpha value is -3.65. The number of hydrogen-bond donors (Lipinski definition) is 1. The van der Waals surface area contributed by atoms with Crippen LogP contribution in [-0.2, 0) is 9.53 Å². The summed E-state index contributed by atoms with van der Waals surface area (Å²) in [5.41, 5.74) is 3.03. The Bertz CT molecular complexity index is 1190. The van der Waals surface area contributed by atoms with Gasteiger partial charge in [-0.15, -0.1) is 11.3 Å². The Balaban J connectivity index is 1.47. The van der Waals surface area contributed by atoms with Crippen LogP contribution in [0, 0.1) is 0 Å². The third-order valence-electron chi connectivity index (χ3n) is 4.43. The summed E-state index contributed by atoms with van der Waals surface area (Å²) in [6.07, 6.45) is 2.44. The number of nitrogens with one attached hydrogen (secondary N) is 1. The van der Waals surface area contributed by atoms with Gasteiger partial charge in [-0.25, -0.2) is 9.78 Å². The molecule has 0 fully saturated rings. The average Bonchev–Trinajstić information content (AvgIpc) is 3.26. The molecule has 0 aliphatic rings. The van der Waals surface area contributed by atoms with Crippen LogP contribution in [0.5, 0.6) is 0 Å². The van der Waals surface area contributed by atoms with Crippen molar-refractivity contribution in [2.24, 2.45) is 0 Å². The van der Waals surface area contributed by atoms with Crippen molar-refractivity contribution in [3.05, 3.63) is 71.9 Å². The van der Waals surface area contributed by atoms with E-state index in [9.17, 15) is 9.59 Å². The van der Waals surface area contributed by atoms with Crippen molar-refractivity contribution in [1.82, 2.24) is 15.0 Å². The fourth-order valence-corrected chi connectivity index (χ4v) is 3.65. The van der Waals surface area contributed by atoms with Gasteiger partial charge >= 0.3 is 5.97 Å². The Morgan fingerprint density at radius 1 is 1.07 bits per heavy atom. The maximum Gasteiger partial charge on any atom is 0.341 e. The zero-order chi connectivity index (χ0) is 20.9. The largest absolute Gasteiger partial charge is 0.449 e. The molecule has 7 nitrogen and oxygen atoms in total. The van der Waals surface area contributed by atoms with Crippen molar-refractivity contribution in [3.63, 3.8) is 0 Å². The quantitative estimate of drug-likeness (QED) is 0.469. The van der Waals surface area contributed by atoms with Gasteiger partial charge in [0.25, 0.3) is 5.91 Å². The highest BCUT2D eigenvalue weighted by molar-refractivity contribution is 7.14. The molecular weight excluding hydrogens is 400 g/mol. The predicted octanol–water partition coefficient (Wildman–Crippen LogP) is 4.33. The van der Waals surface area contributed by atoms with Gasteiger partial charge in [-0.1, -0.05) is 43.3 Å². The van der Waals surface area contributed by atoms with E-state index in [2.05, 4.69) is 20.3 Å². The van der Waals surface area contributed by atoms with Gasteiger partial charge in [0, 0.05) is 23.3 Å². The number of hydrogen-bond acceptors (Lipinski definition) is 7. The number of amides is 1. The lowest BCUT2D eigenvalue weighted by molar-refractivity contribution is -0.124. The molecule has 4 rings (SSSR count). The highest BCUT2D eigenvalue weighted by Gasteiger charge is 2.24. The molecule has 2 aromatic heterocycles. The van der Waals surface area contributed by atoms with Crippen molar-refractivity contribution in [2.75, 3.05) is 5.32 Å². The lowest BCUT2D eigenvalue weighted by Gasteiger charge is -2.15. The molecule has 0 saturated carbocycles. The maximum absolute atomic E-state index is 12.7. The Morgan fingerprint density at radius 3 is 2.67 bits per heavy atom. The number of ether oxygens (including phenoxy) is 1. The molecular formula is C22H18N4O3S. The van der Waals surface area contributed by atoms with E-state index in [1.54, 1.807) is 31.3 Å². The van der Waals surface area contributed by atoms with Gasteiger partial charge < -0.3 is 4.74 Å². The first-order valence-electron chi connectivity index (χ1n) is 9.38. The summed E-state index contributed by atoms with van der Waals surface area (Å²) in [6, 6.07) is 14.8. The van der Waals surface area contributed by atoms with Crippen LogP contribution in [0.4, 0.5) is 5.13 Å². The summed E-state index contributed by atoms with van der Waals surface area (Å²) in [5.74, 6) is -1.04. The molecule has 0 saturated heterocycles.